The van der Waals surface area contributed by atoms with E-state index in [1.807, 2.05) is 31.2 Å². The minimum absolute atomic E-state index is 0.0790. The predicted molar refractivity (Wildman–Crippen MR) is 132 cm³/mol. The summed E-state index contributed by atoms with van der Waals surface area (Å²) < 4.78 is 37.9. The number of benzene rings is 2. The monoisotopic (exact) mass is 520 g/mol. The number of hydrogen-bond donors (Lipinski definition) is 2. The van der Waals surface area contributed by atoms with Crippen LogP contribution in [-0.2, 0) is 16.2 Å². The van der Waals surface area contributed by atoms with Gasteiger partial charge in [-0.3, -0.25) is 9.59 Å². The molecule has 0 radical (unpaired) electrons. The van der Waals surface area contributed by atoms with Gasteiger partial charge < -0.3 is 15.3 Å². The molecule has 2 atom stereocenters. The SMILES string of the molecule is Cc1ccc(S[C@]2(C(=O)NCC(F)(F)F)CC(=O)N(C3CCCCC3)[C@@H]2c2ccc(CO)cc2)cc1. The summed E-state index contributed by atoms with van der Waals surface area (Å²) in [4.78, 5) is 29.8. The van der Waals surface area contributed by atoms with Crippen LogP contribution in [0.5, 0.6) is 0 Å². The number of rotatable bonds is 7. The first-order valence-electron chi connectivity index (χ1n) is 12.2. The topological polar surface area (TPSA) is 69.6 Å². The lowest BCUT2D eigenvalue weighted by Gasteiger charge is -2.41. The van der Waals surface area contributed by atoms with Gasteiger partial charge in [0, 0.05) is 10.9 Å². The Kier molecular flexibility index (Phi) is 7.99. The minimum Gasteiger partial charge on any atom is -0.392 e. The molecule has 1 aliphatic heterocycles. The molecule has 2 aliphatic rings. The van der Waals surface area contributed by atoms with Crippen molar-refractivity contribution in [2.45, 2.75) is 80.0 Å². The number of nitrogens with one attached hydrogen (secondary N) is 1. The van der Waals surface area contributed by atoms with E-state index in [2.05, 4.69) is 5.32 Å². The molecule has 194 valence electrons. The van der Waals surface area contributed by atoms with E-state index in [1.54, 1.807) is 29.2 Å². The zero-order valence-corrected chi connectivity index (χ0v) is 21.0. The average molecular weight is 521 g/mol. The van der Waals surface area contributed by atoms with Crippen molar-refractivity contribution < 1.29 is 27.9 Å². The van der Waals surface area contributed by atoms with Gasteiger partial charge in [-0.2, -0.15) is 13.2 Å². The third-order valence-electron chi connectivity index (χ3n) is 7.02. The number of hydrogen-bond acceptors (Lipinski definition) is 4. The molecule has 4 rings (SSSR count). The van der Waals surface area contributed by atoms with Gasteiger partial charge in [-0.05, 0) is 43.0 Å². The highest BCUT2D eigenvalue weighted by Gasteiger charge is 2.59. The van der Waals surface area contributed by atoms with Gasteiger partial charge in [-0.15, -0.1) is 11.8 Å². The van der Waals surface area contributed by atoms with Crippen LogP contribution in [0.25, 0.3) is 0 Å². The van der Waals surface area contributed by atoms with Crippen molar-refractivity contribution >= 4 is 23.6 Å². The summed E-state index contributed by atoms with van der Waals surface area (Å²) in [6.07, 6.45) is -0.179. The molecule has 0 aromatic heterocycles. The maximum Gasteiger partial charge on any atom is 0.405 e. The van der Waals surface area contributed by atoms with Crippen LogP contribution in [0.3, 0.4) is 0 Å². The molecule has 2 aromatic rings. The van der Waals surface area contributed by atoms with Crippen molar-refractivity contribution in [3.8, 4) is 0 Å². The van der Waals surface area contributed by atoms with Gasteiger partial charge in [-0.1, -0.05) is 61.2 Å². The fourth-order valence-electron chi connectivity index (χ4n) is 5.28. The molecule has 1 saturated heterocycles. The molecule has 2 fully saturated rings. The van der Waals surface area contributed by atoms with Gasteiger partial charge in [0.15, 0.2) is 0 Å². The minimum atomic E-state index is -4.57. The number of aliphatic hydroxyl groups is 1. The second-order valence-electron chi connectivity index (χ2n) is 9.67. The maximum atomic E-state index is 13.7. The van der Waals surface area contributed by atoms with E-state index in [4.69, 9.17) is 0 Å². The number of aryl methyl sites for hydroxylation is 1. The van der Waals surface area contributed by atoms with Crippen molar-refractivity contribution in [3.05, 3.63) is 65.2 Å². The van der Waals surface area contributed by atoms with Crippen molar-refractivity contribution in [1.29, 1.82) is 0 Å². The van der Waals surface area contributed by atoms with E-state index >= 15 is 0 Å². The molecule has 0 unspecified atom stereocenters. The van der Waals surface area contributed by atoms with Crippen LogP contribution in [0, 0.1) is 6.92 Å². The zero-order chi connectivity index (χ0) is 25.9. The molecule has 0 spiro atoms. The van der Waals surface area contributed by atoms with Crippen molar-refractivity contribution in [3.63, 3.8) is 0 Å². The van der Waals surface area contributed by atoms with Gasteiger partial charge in [-0.25, -0.2) is 0 Å². The highest BCUT2D eigenvalue weighted by atomic mass is 32.2. The summed E-state index contributed by atoms with van der Waals surface area (Å²) >= 11 is 1.16. The van der Waals surface area contributed by atoms with Crippen LogP contribution in [0.1, 0.15) is 61.3 Å². The number of halogens is 3. The van der Waals surface area contributed by atoms with E-state index < -0.39 is 29.4 Å². The summed E-state index contributed by atoms with van der Waals surface area (Å²) in [5.74, 6) is -1.02. The quantitative estimate of drug-likeness (QED) is 0.520. The summed E-state index contributed by atoms with van der Waals surface area (Å²) in [6.45, 7) is 0.303. The lowest BCUT2D eigenvalue weighted by molar-refractivity contribution is -0.140. The van der Waals surface area contributed by atoms with E-state index in [0.29, 0.717) is 16.0 Å². The van der Waals surface area contributed by atoms with E-state index in [-0.39, 0.29) is 25.0 Å². The number of alkyl halides is 3. The summed E-state index contributed by atoms with van der Waals surface area (Å²) in [5.41, 5.74) is 2.35. The first-order chi connectivity index (χ1) is 17.1. The molecule has 1 aliphatic carbocycles. The lowest BCUT2D eigenvalue weighted by atomic mass is 9.88. The number of thioether (sulfide) groups is 1. The first kappa shape index (κ1) is 26.5. The standard InChI is InChI=1S/C27H31F3N2O3S/c1-18-7-13-22(14-8-18)36-26(25(35)31-17-27(28,29)30)15-23(34)32(21-5-3-2-4-6-21)24(26)20-11-9-19(16-33)10-12-20/h7-14,21,24,33H,2-6,15-17H2,1H3,(H,31,35)/t24-,26-/m1/s1. The maximum absolute atomic E-state index is 13.7. The molecule has 1 heterocycles. The van der Waals surface area contributed by atoms with Crippen molar-refractivity contribution in [2.24, 2.45) is 0 Å². The molecule has 2 N–H and O–H groups in total. The van der Waals surface area contributed by atoms with Crippen molar-refractivity contribution in [2.75, 3.05) is 6.54 Å². The number of aliphatic hydroxyl groups excluding tert-OH is 1. The van der Waals surface area contributed by atoms with Gasteiger partial charge in [0.25, 0.3) is 0 Å². The van der Waals surface area contributed by atoms with Gasteiger partial charge in [0.05, 0.1) is 19.1 Å². The van der Waals surface area contributed by atoms with Gasteiger partial charge in [0.1, 0.15) is 11.3 Å². The summed E-state index contributed by atoms with van der Waals surface area (Å²) in [7, 11) is 0. The molecule has 5 nitrogen and oxygen atoms in total. The lowest BCUT2D eigenvalue weighted by Crippen LogP contribution is -2.51. The fourth-order valence-corrected chi connectivity index (χ4v) is 6.69. The van der Waals surface area contributed by atoms with Crippen LogP contribution in [0.15, 0.2) is 53.4 Å². The Hall–Kier alpha value is -2.52. The molecular weight excluding hydrogens is 489 g/mol. The molecule has 2 amide bonds. The number of amides is 2. The van der Waals surface area contributed by atoms with Crippen molar-refractivity contribution in [1.82, 2.24) is 10.2 Å². The van der Waals surface area contributed by atoms with Crippen LogP contribution in [-0.4, -0.2) is 45.3 Å². The van der Waals surface area contributed by atoms with Crippen LogP contribution in [0.2, 0.25) is 0 Å². The second kappa shape index (κ2) is 10.8. The average Bonchev–Trinajstić information content (AvgIpc) is 3.16. The number of carbonyl (C=O) groups is 2. The van der Waals surface area contributed by atoms with E-state index in [0.717, 1.165) is 49.4 Å². The molecule has 1 saturated carbocycles. The van der Waals surface area contributed by atoms with Crippen LogP contribution in [0.4, 0.5) is 13.2 Å². The second-order valence-corrected chi connectivity index (χ2v) is 11.1. The third-order valence-corrected chi connectivity index (χ3v) is 8.45. The number of nitrogens with zero attached hydrogens (tertiary/aromatic N) is 1. The van der Waals surface area contributed by atoms with E-state index in [9.17, 15) is 27.9 Å². The normalized spacial score (nSPS) is 23.2. The highest BCUT2D eigenvalue weighted by Crippen LogP contribution is 2.54. The van der Waals surface area contributed by atoms with Gasteiger partial charge in [0.2, 0.25) is 11.8 Å². The van der Waals surface area contributed by atoms with E-state index in [1.165, 1.54) is 0 Å². The molecule has 2 aromatic carbocycles. The number of likely N-dealkylation sites (tertiary alicyclic amines) is 1. The van der Waals surface area contributed by atoms with Gasteiger partial charge >= 0.3 is 6.18 Å². The highest BCUT2D eigenvalue weighted by molar-refractivity contribution is 8.01. The molecule has 0 bridgehead atoms. The molecule has 36 heavy (non-hydrogen) atoms. The van der Waals surface area contributed by atoms with Crippen LogP contribution < -0.4 is 5.32 Å². The Labute approximate surface area is 213 Å². The zero-order valence-electron chi connectivity index (χ0n) is 20.2. The third kappa shape index (κ3) is 5.72. The first-order valence-corrected chi connectivity index (χ1v) is 13.1. The Morgan fingerprint density at radius 1 is 1.08 bits per heavy atom. The number of carbonyl (C=O) groups excluding carboxylic acids is 2. The Bertz CT molecular complexity index is 1070. The Morgan fingerprint density at radius 2 is 1.72 bits per heavy atom. The molecular formula is C27H31F3N2O3S. The summed E-state index contributed by atoms with van der Waals surface area (Å²) in [5, 5.41) is 11.6. The predicted octanol–water partition coefficient (Wildman–Crippen LogP) is 5.30. The summed E-state index contributed by atoms with van der Waals surface area (Å²) in [6, 6.07) is 13.6. The Balaban J connectivity index is 1.82. The molecule has 9 heteroatoms. The fraction of sp³-hybridized carbons (Fsp3) is 0.481. The van der Waals surface area contributed by atoms with Crippen LogP contribution >= 0.6 is 11.8 Å². The Morgan fingerprint density at radius 3 is 2.31 bits per heavy atom. The smallest absolute Gasteiger partial charge is 0.392 e. The largest absolute Gasteiger partial charge is 0.405 e.